The monoisotopic (exact) mass is 218 g/mol. The van der Waals surface area contributed by atoms with Gasteiger partial charge in [-0.05, 0) is 24.6 Å². The van der Waals surface area contributed by atoms with Crippen LogP contribution in [0.25, 0.3) is 0 Å². The minimum atomic E-state index is -0.565. The minimum absolute atomic E-state index is 0.304. The van der Waals surface area contributed by atoms with Crippen molar-refractivity contribution in [2.45, 2.75) is 13.0 Å². The van der Waals surface area contributed by atoms with Gasteiger partial charge in [-0.2, -0.15) is 0 Å². The smallest absolute Gasteiger partial charge is 0.124 e. The molecule has 1 rings (SSSR count). The maximum absolute atomic E-state index is 12.5. The van der Waals surface area contributed by atoms with Gasteiger partial charge in [0, 0.05) is 4.47 Å². The summed E-state index contributed by atoms with van der Waals surface area (Å²) in [6, 6.07) is 4.22. The van der Waals surface area contributed by atoms with Crippen molar-refractivity contribution in [2.75, 3.05) is 0 Å². The number of hydrogen-bond acceptors (Lipinski definition) is 1. The Morgan fingerprint density at radius 3 is 2.64 bits per heavy atom. The molecule has 0 aliphatic carbocycles. The van der Waals surface area contributed by atoms with E-state index in [0.717, 1.165) is 0 Å². The van der Waals surface area contributed by atoms with Crippen LogP contribution in [0.1, 0.15) is 18.6 Å². The molecule has 11 heavy (non-hydrogen) atoms. The Hall–Kier alpha value is -0.410. The van der Waals surface area contributed by atoms with E-state index in [-0.39, 0.29) is 5.82 Å². The zero-order valence-electron chi connectivity index (χ0n) is 6.01. The molecule has 0 radical (unpaired) electrons. The second-order valence-corrected chi connectivity index (χ2v) is 3.20. The molecule has 0 bridgehead atoms. The summed E-state index contributed by atoms with van der Waals surface area (Å²) in [5, 5.41) is 9.14. The van der Waals surface area contributed by atoms with Crippen LogP contribution in [0.15, 0.2) is 22.7 Å². The standard InChI is InChI=1S/C8H8BrFO/c1-5(11)7-3-2-6(10)4-8(7)9/h2-5,11H,1H3/t5-/m0/s1. The molecule has 0 heterocycles. The highest BCUT2D eigenvalue weighted by Crippen LogP contribution is 2.23. The van der Waals surface area contributed by atoms with Crippen molar-refractivity contribution < 1.29 is 9.50 Å². The van der Waals surface area contributed by atoms with Gasteiger partial charge in [0.2, 0.25) is 0 Å². The van der Waals surface area contributed by atoms with Crippen molar-refractivity contribution in [3.8, 4) is 0 Å². The minimum Gasteiger partial charge on any atom is -0.389 e. The van der Waals surface area contributed by atoms with Crippen molar-refractivity contribution in [1.29, 1.82) is 0 Å². The lowest BCUT2D eigenvalue weighted by Gasteiger charge is -2.06. The molecule has 1 N–H and O–H groups in total. The molecule has 1 nitrogen and oxygen atoms in total. The van der Waals surface area contributed by atoms with Gasteiger partial charge >= 0.3 is 0 Å². The molecule has 0 spiro atoms. The third-order valence-electron chi connectivity index (χ3n) is 1.41. The molecule has 1 aromatic rings. The van der Waals surface area contributed by atoms with Gasteiger partial charge in [0.15, 0.2) is 0 Å². The number of hydrogen-bond donors (Lipinski definition) is 1. The molecular formula is C8H8BrFO. The predicted octanol–water partition coefficient (Wildman–Crippen LogP) is 2.64. The first-order chi connectivity index (χ1) is 5.11. The average Bonchev–Trinajstić information content (AvgIpc) is 1.85. The second kappa shape index (κ2) is 3.32. The summed E-state index contributed by atoms with van der Waals surface area (Å²) in [6.45, 7) is 1.64. The highest BCUT2D eigenvalue weighted by Gasteiger charge is 2.05. The van der Waals surface area contributed by atoms with Crippen LogP contribution in [-0.2, 0) is 0 Å². The molecule has 0 aliphatic heterocycles. The van der Waals surface area contributed by atoms with Gasteiger partial charge in [-0.15, -0.1) is 0 Å². The van der Waals surface area contributed by atoms with Crippen LogP contribution in [0.4, 0.5) is 4.39 Å². The third kappa shape index (κ3) is 2.01. The largest absolute Gasteiger partial charge is 0.389 e. The molecule has 0 saturated heterocycles. The van der Waals surface area contributed by atoms with Gasteiger partial charge < -0.3 is 5.11 Å². The Kier molecular flexibility index (Phi) is 2.62. The lowest BCUT2D eigenvalue weighted by Crippen LogP contribution is -1.92. The van der Waals surface area contributed by atoms with Gasteiger partial charge in [0.1, 0.15) is 5.82 Å². The van der Waals surface area contributed by atoms with Crippen LogP contribution in [0, 0.1) is 5.82 Å². The number of rotatable bonds is 1. The van der Waals surface area contributed by atoms with E-state index in [1.165, 1.54) is 12.1 Å². The zero-order chi connectivity index (χ0) is 8.43. The first kappa shape index (κ1) is 8.68. The Labute approximate surface area is 73.0 Å². The van der Waals surface area contributed by atoms with E-state index in [9.17, 15) is 4.39 Å². The van der Waals surface area contributed by atoms with Crippen molar-refractivity contribution in [1.82, 2.24) is 0 Å². The summed E-state index contributed by atoms with van der Waals surface area (Å²) in [6.07, 6.45) is -0.565. The summed E-state index contributed by atoms with van der Waals surface area (Å²) in [4.78, 5) is 0. The summed E-state index contributed by atoms with van der Waals surface area (Å²) in [5.41, 5.74) is 0.700. The molecule has 3 heteroatoms. The molecule has 0 aromatic heterocycles. The summed E-state index contributed by atoms with van der Waals surface area (Å²) >= 11 is 3.15. The Morgan fingerprint density at radius 1 is 1.55 bits per heavy atom. The molecule has 0 fully saturated rings. The number of aliphatic hydroxyl groups excluding tert-OH is 1. The quantitative estimate of drug-likeness (QED) is 0.769. The lowest BCUT2D eigenvalue weighted by molar-refractivity contribution is 0.198. The number of benzene rings is 1. The van der Waals surface area contributed by atoms with Gasteiger partial charge in [0.25, 0.3) is 0 Å². The average molecular weight is 219 g/mol. The van der Waals surface area contributed by atoms with E-state index in [2.05, 4.69) is 15.9 Å². The Bertz CT molecular complexity index is 260. The topological polar surface area (TPSA) is 20.2 Å². The molecule has 0 amide bonds. The van der Waals surface area contributed by atoms with Gasteiger partial charge in [0.05, 0.1) is 6.10 Å². The van der Waals surface area contributed by atoms with Crippen LogP contribution in [0.5, 0.6) is 0 Å². The predicted molar refractivity (Wildman–Crippen MR) is 44.7 cm³/mol. The van der Waals surface area contributed by atoms with Crippen LogP contribution < -0.4 is 0 Å². The first-order valence-corrected chi connectivity index (χ1v) is 4.03. The van der Waals surface area contributed by atoms with Crippen molar-refractivity contribution in [3.63, 3.8) is 0 Å². The van der Waals surface area contributed by atoms with E-state index in [4.69, 9.17) is 5.11 Å². The van der Waals surface area contributed by atoms with E-state index in [1.807, 2.05) is 0 Å². The molecule has 0 unspecified atom stereocenters. The first-order valence-electron chi connectivity index (χ1n) is 3.24. The molecule has 1 aromatic carbocycles. The number of aliphatic hydroxyl groups is 1. The highest BCUT2D eigenvalue weighted by atomic mass is 79.9. The van der Waals surface area contributed by atoms with Crippen LogP contribution >= 0.6 is 15.9 Å². The molecule has 0 aliphatic rings. The van der Waals surface area contributed by atoms with E-state index >= 15 is 0 Å². The fraction of sp³-hybridized carbons (Fsp3) is 0.250. The van der Waals surface area contributed by atoms with Gasteiger partial charge in [-0.1, -0.05) is 22.0 Å². The summed E-state index contributed by atoms with van der Waals surface area (Å²) < 4.78 is 13.1. The third-order valence-corrected chi connectivity index (χ3v) is 2.10. The molecule has 1 atom stereocenters. The fourth-order valence-corrected chi connectivity index (χ4v) is 1.52. The Morgan fingerprint density at radius 2 is 2.18 bits per heavy atom. The SMILES string of the molecule is C[C@H](O)c1ccc(F)cc1Br. The second-order valence-electron chi connectivity index (χ2n) is 2.34. The van der Waals surface area contributed by atoms with Crippen molar-refractivity contribution >= 4 is 15.9 Å². The van der Waals surface area contributed by atoms with Crippen LogP contribution in [0.2, 0.25) is 0 Å². The summed E-state index contributed by atoms with van der Waals surface area (Å²) in [5.74, 6) is -0.304. The zero-order valence-corrected chi connectivity index (χ0v) is 7.60. The van der Waals surface area contributed by atoms with Gasteiger partial charge in [-0.3, -0.25) is 0 Å². The van der Waals surface area contributed by atoms with E-state index in [0.29, 0.717) is 10.0 Å². The fourth-order valence-electron chi connectivity index (χ4n) is 0.840. The van der Waals surface area contributed by atoms with Crippen LogP contribution in [0.3, 0.4) is 0 Å². The van der Waals surface area contributed by atoms with Crippen LogP contribution in [-0.4, -0.2) is 5.11 Å². The molecular weight excluding hydrogens is 211 g/mol. The number of halogens is 2. The summed E-state index contributed by atoms with van der Waals surface area (Å²) in [7, 11) is 0. The Balaban J connectivity index is 3.09. The molecule has 60 valence electrons. The highest BCUT2D eigenvalue weighted by molar-refractivity contribution is 9.10. The molecule has 0 saturated carbocycles. The maximum atomic E-state index is 12.5. The van der Waals surface area contributed by atoms with E-state index < -0.39 is 6.10 Å². The van der Waals surface area contributed by atoms with Crippen molar-refractivity contribution in [3.05, 3.63) is 34.1 Å². The van der Waals surface area contributed by atoms with Crippen molar-refractivity contribution in [2.24, 2.45) is 0 Å². The maximum Gasteiger partial charge on any atom is 0.124 e. The lowest BCUT2D eigenvalue weighted by atomic mass is 10.1. The van der Waals surface area contributed by atoms with E-state index in [1.54, 1.807) is 13.0 Å². The normalized spacial score (nSPS) is 13.1. The van der Waals surface area contributed by atoms with Gasteiger partial charge in [-0.25, -0.2) is 4.39 Å².